The van der Waals surface area contributed by atoms with Gasteiger partial charge in [-0.15, -0.1) is 0 Å². The molecule has 0 aromatic carbocycles. The Bertz CT molecular complexity index is 829. The Morgan fingerprint density at radius 2 is 1.81 bits per heavy atom. The predicted octanol–water partition coefficient (Wildman–Crippen LogP) is 7.40. The van der Waals surface area contributed by atoms with Crippen LogP contribution < -0.4 is 5.32 Å². The van der Waals surface area contributed by atoms with E-state index in [4.69, 9.17) is 15.1 Å². The van der Waals surface area contributed by atoms with Crippen LogP contribution in [0.1, 0.15) is 73.6 Å². The van der Waals surface area contributed by atoms with E-state index in [0.29, 0.717) is 11.6 Å². The first-order valence-electron chi connectivity index (χ1n) is 11.3. The number of rotatable bonds is 11. The van der Waals surface area contributed by atoms with Crippen LogP contribution in [0.5, 0.6) is 0 Å². The van der Waals surface area contributed by atoms with Gasteiger partial charge >= 0.3 is 0 Å². The number of allylic oxidation sites excluding steroid dienone is 9. The van der Waals surface area contributed by atoms with Gasteiger partial charge in [0.15, 0.2) is 0 Å². The Labute approximate surface area is 189 Å². The monoisotopic (exact) mass is 423 g/mol. The molecule has 0 saturated heterocycles. The topological polar surface area (TPSA) is 57.5 Å². The minimum absolute atomic E-state index is 0.474. The molecule has 0 aromatic rings. The first kappa shape index (κ1) is 26.4. The minimum atomic E-state index is 0.474. The van der Waals surface area contributed by atoms with E-state index in [0.717, 1.165) is 46.1 Å². The average molecular weight is 424 g/mol. The van der Waals surface area contributed by atoms with Gasteiger partial charge in [-0.05, 0) is 88.8 Å². The number of nitrogens with zero attached hydrogens (tertiary/aromatic N) is 1. The number of hydrogen-bond acceptors (Lipinski definition) is 4. The smallest absolute Gasteiger partial charge is 0.126 e. The van der Waals surface area contributed by atoms with Gasteiger partial charge in [0, 0.05) is 11.6 Å². The summed E-state index contributed by atoms with van der Waals surface area (Å²) < 4.78 is 5.37. The highest BCUT2D eigenvalue weighted by molar-refractivity contribution is 5.98. The summed E-state index contributed by atoms with van der Waals surface area (Å²) in [6.45, 7) is 15.8. The largest absolute Gasteiger partial charge is 0.497 e. The highest BCUT2D eigenvalue weighted by Gasteiger charge is 2.19. The Morgan fingerprint density at radius 3 is 2.29 bits per heavy atom. The van der Waals surface area contributed by atoms with Crippen molar-refractivity contribution in [1.29, 1.82) is 5.41 Å². The molecule has 0 atom stereocenters. The Hall–Kier alpha value is -2.62. The molecule has 1 aliphatic carbocycles. The second-order valence-corrected chi connectivity index (χ2v) is 8.12. The number of ether oxygens (including phenoxy) is 1. The van der Waals surface area contributed by atoms with Crippen molar-refractivity contribution < 1.29 is 4.74 Å². The van der Waals surface area contributed by atoms with Gasteiger partial charge in [-0.3, -0.25) is 0 Å². The highest BCUT2D eigenvalue weighted by Crippen LogP contribution is 2.27. The summed E-state index contributed by atoms with van der Waals surface area (Å²) in [6, 6.07) is 0. The predicted molar refractivity (Wildman–Crippen MR) is 135 cm³/mol. The molecule has 170 valence electrons. The molecule has 1 fully saturated rings. The molecule has 1 saturated carbocycles. The molecular formula is C27H41N3O. The van der Waals surface area contributed by atoms with E-state index in [-0.39, 0.29) is 0 Å². The molecule has 31 heavy (non-hydrogen) atoms. The van der Waals surface area contributed by atoms with Crippen molar-refractivity contribution in [3.05, 3.63) is 71.0 Å². The van der Waals surface area contributed by atoms with Crippen LogP contribution in [0.3, 0.4) is 0 Å². The lowest BCUT2D eigenvalue weighted by Gasteiger charge is -2.17. The van der Waals surface area contributed by atoms with Crippen molar-refractivity contribution in [3.8, 4) is 0 Å². The molecule has 1 aliphatic rings. The Kier molecular flexibility index (Phi) is 11.6. The van der Waals surface area contributed by atoms with E-state index in [1.807, 2.05) is 45.9 Å². The number of aliphatic imine (C=N–C) groups is 1. The van der Waals surface area contributed by atoms with E-state index < -0.39 is 0 Å². The molecule has 2 N–H and O–H groups in total. The summed E-state index contributed by atoms with van der Waals surface area (Å²) in [6.07, 6.45) is 16.2. The number of hydrogen-bond donors (Lipinski definition) is 2. The first-order chi connectivity index (χ1) is 14.7. The average Bonchev–Trinajstić information content (AvgIpc) is 3.27. The Balaban J connectivity index is 3.27. The van der Waals surface area contributed by atoms with Crippen molar-refractivity contribution in [2.45, 2.75) is 73.6 Å². The van der Waals surface area contributed by atoms with E-state index in [2.05, 4.69) is 31.0 Å². The van der Waals surface area contributed by atoms with Gasteiger partial charge in [-0.1, -0.05) is 38.5 Å². The zero-order chi connectivity index (χ0) is 23.4. The maximum absolute atomic E-state index is 8.33. The molecule has 4 nitrogen and oxygen atoms in total. The van der Waals surface area contributed by atoms with Crippen LogP contribution >= 0.6 is 0 Å². The summed E-state index contributed by atoms with van der Waals surface area (Å²) in [5.41, 5.74) is 5.31. The fraction of sp³-hybridized carbons (Fsp3) is 0.481. The second-order valence-electron chi connectivity index (χ2n) is 8.12. The van der Waals surface area contributed by atoms with Gasteiger partial charge in [0.05, 0.1) is 18.5 Å². The van der Waals surface area contributed by atoms with Gasteiger partial charge in [-0.2, -0.15) is 0 Å². The van der Waals surface area contributed by atoms with Crippen LogP contribution in [0.15, 0.2) is 75.9 Å². The van der Waals surface area contributed by atoms with Crippen molar-refractivity contribution in [2.24, 2.45) is 10.9 Å². The molecular weight excluding hydrogens is 382 g/mol. The summed E-state index contributed by atoms with van der Waals surface area (Å²) in [7, 11) is 1.65. The molecule has 0 aromatic heterocycles. The third kappa shape index (κ3) is 8.56. The fourth-order valence-electron chi connectivity index (χ4n) is 3.53. The van der Waals surface area contributed by atoms with Crippen LogP contribution in [0.2, 0.25) is 0 Å². The normalized spacial score (nSPS) is 17.8. The summed E-state index contributed by atoms with van der Waals surface area (Å²) in [5, 5.41) is 11.8. The van der Waals surface area contributed by atoms with Crippen LogP contribution in [0, 0.1) is 11.3 Å². The third-order valence-electron chi connectivity index (χ3n) is 5.54. The molecule has 0 radical (unpaired) electrons. The second kappa shape index (κ2) is 13.6. The van der Waals surface area contributed by atoms with Crippen LogP contribution in [-0.4, -0.2) is 18.5 Å². The third-order valence-corrected chi connectivity index (χ3v) is 5.54. The molecule has 0 aliphatic heterocycles. The number of methoxy groups -OCH3 is 1. The van der Waals surface area contributed by atoms with Gasteiger partial charge < -0.3 is 15.5 Å². The molecule has 0 amide bonds. The minimum Gasteiger partial charge on any atom is -0.497 e. The van der Waals surface area contributed by atoms with Crippen LogP contribution in [0.4, 0.5) is 0 Å². The maximum Gasteiger partial charge on any atom is 0.126 e. The lowest BCUT2D eigenvalue weighted by atomic mass is 10.0. The van der Waals surface area contributed by atoms with E-state index in [9.17, 15) is 0 Å². The molecule has 0 unspecified atom stereocenters. The van der Waals surface area contributed by atoms with Crippen molar-refractivity contribution in [1.82, 2.24) is 5.32 Å². The summed E-state index contributed by atoms with van der Waals surface area (Å²) >= 11 is 0. The standard InChI is InChI=1S/C27H41N3O/c1-9-11-16-24(23-14-12-13-15-23)29-26(10-2)30-27(22(7)28)21(6)20(5)17-18-25(31-8)19(3)4/h10-11,16-18,23,28,30H,3,9,12-15H2,1-2,4-8H3/b16-11+,20-17+,25-18+,26-10+,27-21-,28-22?,29-24-. The van der Waals surface area contributed by atoms with Gasteiger partial charge in [0.25, 0.3) is 0 Å². The quantitative estimate of drug-likeness (QED) is 0.207. The zero-order valence-corrected chi connectivity index (χ0v) is 20.6. The van der Waals surface area contributed by atoms with Gasteiger partial charge in [0.1, 0.15) is 11.6 Å². The molecule has 0 bridgehead atoms. The van der Waals surface area contributed by atoms with Crippen LogP contribution in [-0.2, 0) is 4.74 Å². The van der Waals surface area contributed by atoms with E-state index in [1.54, 1.807) is 14.0 Å². The van der Waals surface area contributed by atoms with Gasteiger partial charge in [0.2, 0.25) is 0 Å². The van der Waals surface area contributed by atoms with E-state index in [1.165, 1.54) is 25.7 Å². The lowest BCUT2D eigenvalue weighted by molar-refractivity contribution is 0.301. The van der Waals surface area contributed by atoms with Crippen LogP contribution in [0.25, 0.3) is 0 Å². The molecule has 4 heteroatoms. The van der Waals surface area contributed by atoms with Gasteiger partial charge in [-0.25, -0.2) is 4.99 Å². The molecule has 0 spiro atoms. The van der Waals surface area contributed by atoms with E-state index >= 15 is 0 Å². The van der Waals surface area contributed by atoms with Crippen molar-refractivity contribution in [3.63, 3.8) is 0 Å². The summed E-state index contributed by atoms with van der Waals surface area (Å²) in [5.74, 6) is 2.05. The molecule has 0 heterocycles. The van der Waals surface area contributed by atoms with Crippen molar-refractivity contribution in [2.75, 3.05) is 7.11 Å². The number of nitrogens with one attached hydrogen (secondary N) is 2. The summed E-state index contributed by atoms with van der Waals surface area (Å²) in [4.78, 5) is 4.97. The fourth-order valence-corrected chi connectivity index (χ4v) is 3.53. The molecule has 1 rings (SSSR count). The Morgan fingerprint density at radius 1 is 1.16 bits per heavy atom. The lowest BCUT2D eigenvalue weighted by Crippen LogP contribution is -2.21. The highest BCUT2D eigenvalue weighted by atomic mass is 16.5. The zero-order valence-electron chi connectivity index (χ0n) is 20.6. The maximum atomic E-state index is 8.33. The van der Waals surface area contributed by atoms with Crippen molar-refractivity contribution >= 4 is 11.4 Å². The SMILES string of the molecule is C=C(C)\C(=C/C=C(C)/C(C)=C(\NC(=C/C)/N=C(/C=C/CC)C1CCCC1)C(C)=N)OC. The first-order valence-corrected chi connectivity index (χ1v) is 11.3.